The molecule has 1 aliphatic heterocycles. The van der Waals surface area contributed by atoms with Crippen molar-refractivity contribution >= 4 is 7.82 Å². The molecule has 1 aromatic heterocycles. The molecular weight excluding hydrogens is 653 g/mol. The fraction of sp³-hybridized carbons (Fsp3) is 0.371. The van der Waals surface area contributed by atoms with Gasteiger partial charge in [-0.25, -0.2) is 9.36 Å². The van der Waals surface area contributed by atoms with Crippen LogP contribution in [0, 0.1) is 6.92 Å². The maximum absolute atomic E-state index is 13.0. The summed E-state index contributed by atoms with van der Waals surface area (Å²) in [5.74, 6) is 1.29. The van der Waals surface area contributed by atoms with Gasteiger partial charge in [-0.05, 0) is 67.3 Å². The van der Waals surface area contributed by atoms with Gasteiger partial charge >= 0.3 is 13.5 Å². The second-order valence-corrected chi connectivity index (χ2v) is 13.1. The number of methoxy groups -OCH3 is 2. The molecule has 4 aromatic rings. The number of aryl methyl sites for hydroxylation is 1. The van der Waals surface area contributed by atoms with Gasteiger partial charge in [0, 0.05) is 18.2 Å². The second-order valence-electron chi connectivity index (χ2n) is 11.6. The van der Waals surface area contributed by atoms with Crippen molar-refractivity contribution in [2.24, 2.45) is 5.73 Å². The van der Waals surface area contributed by atoms with Gasteiger partial charge in [0.05, 0.1) is 33.5 Å². The highest BCUT2D eigenvalue weighted by Gasteiger charge is 2.47. The van der Waals surface area contributed by atoms with Gasteiger partial charge in [0.15, 0.2) is 0 Å². The predicted octanol–water partition coefficient (Wildman–Crippen LogP) is 4.40. The van der Waals surface area contributed by atoms with Crippen LogP contribution in [-0.4, -0.2) is 60.6 Å². The lowest BCUT2D eigenvalue weighted by atomic mass is 9.79. The number of unbranched alkanes of at least 4 members (excludes halogenated alkanes) is 1. The Balaban J connectivity index is 1.60. The first-order chi connectivity index (χ1) is 23.6. The normalized spacial score (nSPS) is 19.0. The van der Waals surface area contributed by atoms with E-state index < -0.39 is 49.7 Å². The molecule has 2 heterocycles. The molecule has 3 aromatic carbocycles. The van der Waals surface area contributed by atoms with Crippen LogP contribution in [0.4, 0.5) is 0 Å². The number of phosphoric acid groups is 1. The minimum absolute atomic E-state index is 0.0167. The number of hydrogen-bond acceptors (Lipinski definition) is 10. The van der Waals surface area contributed by atoms with Crippen LogP contribution in [0.2, 0.25) is 0 Å². The van der Waals surface area contributed by atoms with Crippen LogP contribution in [0.3, 0.4) is 0 Å². The number of hydrogen-bond donors (Lipinski definition) is 3. The molecule has 5 rings (SSSR count). The molecule has 0 saturated carbocycles. The third kappa shape index (κ3) is 8.39. The molecule has 1 saturated heterocycles. The highest BCUT2D eigenvalue weighted by molar-refractivity contribution is 7.47. The molecule has 13 nitrogen and oxygen atoms in total. The second kappa shape index (κ2) is 16.1. The number of rotatable bonds is 16. The van der Waals surface area contributed by atoms with Crippen LogP contribution in [0.25, 0.3) is 0 Å². The zero-order valence-electron chi connectivity index (χ0n) is 27.7. The van der Waals surface area contributed by atoms with E-state index in [0.29, 0.717) is 36.4 Å². The fourth-order valence-electron chi connectivity index (χ4n) is 5.83. The molecule has 262 valence electrons. The highest BCUT2D eigenvalue weighted by Crippen LogP contribution is 2.48. The Labute approximate surface area is 284 Å². The van der Waals surface area contributed by atoms with E-state index in [-0.39, 0.29) is 13.0 Å². The first-order valence-corrected chi connectivity index (χ1v) is 17.4. The quantitative estimate of drug-likeness (QED) is 0.0862. The average Bonchev–Trinajstić information content (AvgIpc) is 3.52. The van der Waals surface area contributed by atoms with Gasteiger partial charge in [0.1, 0.15) is 29.4 Å². The average molecular weight is 696 g/mol. The molecule has 1 unspecified atom stereocenters. The number of aromatic nitrogens is 2. The Kier molecular flexibility index (Phi) is 11.9. The SMILES string of the molecule is COc1ccc(C(O[C@H]2C[C@H](n3cc(C)c(=O)[nH]c3=O)O[C@@H]2COP(=O)(O)OCCCCN)(c2ccccc2)c2ccc(OC)cc2)cc1. The zero-order chi connectivity index (χ0) is 35.0. The minimum atomic E-state index is -4.49. The van der Waals surface area contributed by atoms with Crippen molar-refractivity contribution in [1.29, 1.82) is 0 Å². The molecule has 0 bridgehead atoms. The van der Waals surface area contributed by atoms with E-state index in [2.05, 4.69) is 4.98 Å². The standard InChI is InChI=1S/C35H42N3O10P/c1-24-22-38(34(40)37-33(24)39)32-21-30(31(47-32)23-46-49(41,42)45-20-8-7-19-36)48-35(25-9-5-4-6-10-25,26-11-15-28(43-2)16-12-26)27-13-17-29(44-3)18-14-27/h4-6,9-18,22,30-32H,7-8,19-21,23,36H2,1-3H3,(H,41,42)(H,37,39,40)/t30-,31+,32+/m0/s1. The summed E-state index contributed by atoms with van der Waals surface area (Å²) >= 11 is 0. The van der Waals surface area contributed by atoms with Crippen LogP contribution in [-0.2, 0) is 28.7 Å². The third-order valence-corrected chi connectivity index (χ3v) is 9.38. The Morgan fingerprint density at radius 1 is 0.918 bits per heavy atom. The van der Waals surface area contributed by atoms with Crippen LogP contribution >= 0.6 is 7.82 Å². The number of nitrogens with one attached hydrogen (secondary N) is 1. The summed E-state index contributed by atoms with van der Waals surface area (Å²) < 4.78 is 49.2. The summed E-state index contributed by atoms with van der Waals surface area (Å²) in [6.07, 6.45) is -0.0627. The molecule has 1 fully saturated rings. The van der Waals surface area contributed by atoms with Crippen LogP contribution in [0.15, 0.2) is 94.6 Å². The summed E-state index contributed by atoms with van der Waals surface area (Å²) in [4.78, 5) is 37.9. The first-order valence-electron chi connectivity index (χ1n) is 15.9. The summed E-state index contributed by atoms with van der Waals surface area (Å²) in [6.45, 7) is 1.58. The number of H-pyrrole nitrogens is 1. The van der Waals surface area contributed by atoms with E-state index >= 15 is 0 Å². The maximum atomic E-state index is 13.0. The van der Waals surface area contributed by atoms with Crippen molar-refractivity contribution in [3.8, 4) is 11.5 Å². The predicted molar refractivity (Wildman–Crippen MR) is 182 cm³/mol. The highest BCUT2D eigenvalue weighted by atomic mass is 31.2. The summed E-state index contributed by atoms with van der Waals surface area (Å²) in [7, 11) is -1.32. The van der Waals surface area contributed by atoms with Crippen LogP contribution in [0.5, 0.6) is 11.5 Å². The molecule has 4 N–H and O–H groups in total. The Hall–Kier alpha value is -4.07. The van der Waals surface area contributed by atoms with E-state index in [1.165, 1.54) is 10.8 Å². The third-order valence-electron chi connectivity index (χ3n) is 8.39. The first kappa shape index (κ1) is 36.2. The molecular formula is C35H42N3O10P. The molecule has 0 amide bonds. The summed E-state index contributed by atoms with van der Waals surface area (Å²) in [6, 6.07) is 24.6. The van der Waals surface area contributed by atoms with E-state index in [4.69, 9.17) is 33.7 Å². The van der Waals surface area contributed by atoms with E-state index in [1.807, 2.05) is 78.9 Å². The zero-order valence-corrected chi connectivity index (χ0v) is 28.5. The summed E-state index contributed by atoms with van der Waals surface area (Å²) in [5, 5.41) is 0. The molecule has 14 heteroatoms. The van der Waals surface area contributed by atoms with Crippen LogP contribution < -0.4 is 26.5 Å². The van der Waals surface area contributed by atoms with Gasteiger partial charge in [-0.2, -0.15) is 0 Å². The molecule has 0 radical (unpaired) electrons. The molecule has 0 aliphatic carbocycles. The Bertz CT molecular complexity index is 1780. The van der Waals surface area contributed by atoms with Crippen LogP contribution in [0.1, 0.15) is 47.7 Å². The van der Waals surface area contributed by atoms with Crippen molar-refractivity contribution in [2.45, 2.75) is 50.2 Å². The van der Waals surface area contributed by atoms with Crippen molar-refractivity contribution in [3.63, 3.8) is 0 Å². The van der Waals surface area contributed by atoms with Crippen molar-refractivity contribution in [2.75, 3.05) is 34.0 Å². The number of aromatic amines is 1. The molecule has 1 aliphatic rings. The van der Waals surface area contributed by atoms with Gasteiger partial charge in [0.25, 0.3) is 5.56 Å². The number of phosphoric ester groups is 1. The molecule has 49 heavy (non-hydrogen) atoms. The largest absolute Gasteiger partial charge is 0.497 e. The van der Waals surface area contributed by atoms with Gasteiger partial charge < -0.3 is 29.6 Å². The lowest BCUT2D eigenvalue weighted by Gasteiger charge is -2.39. The number of nitrogens with two attached hydrogens (primary N) is 1. The molecule has 4 atom stereocenters. The van der Waals surface area contributed by atoms with Gasteiger partial charge in [-0.3, -0.25) is 23.4 Å². The van der Waals surface area contributed by atoms with Gasteiger partial charge in [0.2, 0.25) is 0 Å². The van der Waals surface area contributed by atoms with Gasteiger partial charge in [-0.1, -0.05) is 54.6 Å². The van der Waals surface area contributed by atoms with E-state index in [0.717, 1.165) is 16.7 Å². The summed E-state index contributed by atoms with van der Waals surface area (Å²) in [5.41, 5.74) is 5.66. The topological polar surface area (TPSA) is 174 Å². The molecule has 0 spiro atoms. The lowest BCUT2D eigenvalue weighted by Crippen LogP contribution is -2.41. The van der Waals surface area contributed by atoms with Crippen molar-refractivity contribution in [1.82, 2.24) is 9.55 Å². The van der Waals surface area contributed by atoms with E-state index in [1.54, 1.807) is 21.1 Å². The monoisotopic (exact) mass is 695 g/mol. The number of benzene rings is 3. The van der Waals surface area contributed by atoms with Crippen molar-refractivity contribution < 1.29 is 37.5 Å². The fourth-order valence-corrected chi connectivity index (χ4v) is 6.60. The minimum Gasteiger partial charge on any atom is -0.497 e. The van der Waals surface area contributed by atoms with E-state index in [9.17, 15) is 19.0 Å². The Morgan fingerprint density at radius 3 is 2.08 bits per heavy atom. The maximum Gasteiger partial charge on any atom is 0.472 e. The number of nitrogens with zero attached hydrogens (tertiary/aromatic N) is 1. The smallest absolute Gasteiger partial charge is 0.472 e. The Morgan fingerprint density at radius 2 is 1.51 bits per heavy atom. The van der Waals surface area contributed by atoms with Crippen molar-refractivity contribution in [3.05, 3.63) is 128 Å². The number of ether oxygens (including phenoxy) is 4. The van der Waals surface area contributed by atoms with Gasteiger partial charge in [-0.15, -0.1) is 0 Å². The lowest BCUT2D eigenvalue weighted by molar-refractivity contribution is -0.0989.